The number of methoxy groups -OCH3 is 1. The fraction of sp³-hybridized carbons (Fsp3) is 0.364. The number of hydrogen-bond acceptors (Lipinski definition) is 6. The van der Waals surface area contributed by atoms with Crippen LogP contribution in [0.15, 0.2) is 53.4 Å². The zero-order valence-corrected chi connectivity index (χ0v) is 18.3. The molecule has 0 radical (unpaired) electrons. The van der Waals surface area contributed by atoms with Gasteiger partial charge in [0.05, 0.1) is 30.2 Å². The summed E-state index contributed by atoms with van der Waals surface area (Å²) in [6.07, 6.45) is 0.0430. The number of rotatable bonds is 4. The van der Waals surface area contributed by atoms with Gasteiger partial charge in [-0.25, -0.2) is 17.6 Å². The lowest BCUT2D eigenvalue weighted by molar-refractivity contribution is -0.148. The number of para-hydroxylation sites is 2. The minimum Gasteiger partial charge on any atom is -0.475 e. The van der Waals surface area contributed by atoms with Gasteiger partial charge in [-0.1, -0.05) is 12.1 Å². The van der Waals surface area contributed by atoms with E-state index in [1.165, 1.54) is 28.4 Å². The Morgan fingerprint density at radius 2 is 1.81 bits per heavy atom. The molecule has 1 amide bonds. The lowest BCUT2D eigenvalue weighted by atomic mass is 9.97. The molecule has 4 rings (SSSR count). The second kappa shape index (κ2) is 8.87. The molecule has 2 atom stereocenters. The van der Waals surface area contributed by atoms with Gasteiger partial charge in [0.1, 0.15) is 11.6 Å². The van der Waals surface area contributed by atoms with Gasteiger partial charge < -0.3 is 14.4 Å². The summed E-state index contributed by atoms with van der Waals surface area (Å²) in [7, 11) is -2.62. The summed E-state index contributed by atoms with van der Waals surface area (Å²) in [5, 5.41) is 0. The average Bonchev–Trinajstić information content (AvgIpc) is 2.82. The summed E-state index contributed by atoms with van der Waals surface area (Å²) >= 11 is 0. The predicted molar refractivity (Wildman–Crippen MR) is 113 cm³/mol. The van der Waals surface area contributed by atoms with Gasteiger partial charge in [0, 0.05) is 13.1 Å². The lowest BCUT2D eigenvalue weighted by Gasteiger charge is -2.38. The first kappa shape index (κ1) is 22.2. The van der Waals surface area contributed by atoms with E-state index in [0.29, 0.717) is 24.3 Å². The van der Waals surface area contributed by atoms with Crippen molar-refractivity contribution in [2.75, 3.05) is 31.6 Å². The molecule has 2 aromatic rings. The van der Waals surface area contributed by atoms with Crippen molar-refractivity contribution in [3.63, 3.8) is 0 Å². The van der Waals surface area contributed by atoms with Crippen molar-refractivity contribution in [3.05, 3.63) is 54.3 Å². The van der Waals surface area contributed by atoms with E-state index in [2.05, 4.69) is 0 Å². The highest BCUT2D eigenvalue weighted by molar-refractivity contribution is 7.89. The molecule has 1 fully saturated rings. The van der Waals surface area contributed by atoms with Crippen molar-refractivity contribution in [1.29, 1.82) is 0 Å². The molecule has 2 aliphatic heterocycles. The highest BCUT2D eigenvalue weighted by Gasteiger charge is 2.40. The van der Waals surface area contributed by atoms with Crippen LogP contribution in [-0.2, 0) is 24.3 Å². The second-order valence-corrected chi connectivity index (χ2v) is 9.64. The highest BCUT2D eigenvalue weighted by Crippen LogP contribution is 2.35. The van der Waals surface area contributed by atoms with Crippen LogP contribution in [0, 0.1) is 11.7 Å². The molecule has 170 valence electrons. The predicted octanol–water partition coefficient (Wildman–Crippen LogP) is 2.19. The molecule has 2 aliphatic rings. The Labute approximate surface area is 185 Å². The number of carbonyl (C=O) groups is 2. The molecule has 2 heterocycles. The Hall–Kier alpha value is -2.98. The molecule has 1 saturated heterocycles. The second-order valence-electron chi connectivity index (χ2n) is 7.70. The molecule has 0 aromatic heterocycles. The first-order chi connectivity index (χ1) is 15.3. The van der Waals surface area contributed by atoms with Crippen molar-refractivity contribution in [3.8, 4) is 5.75 Å². The summed E-state index contributed by atoms with van der Waals surface area (Å²) in [6.45, 7) is 0.249. The van der Waals surface area contributed by atoms with Crippen LogP contribution in [0.4, 0.5) is 10.1 Å². The lowest BCUT2D eigenvalue weighted by Crippen LogP contribution is -2.52. The fourth-order valence-corrected chi connectivity index (χ4v) is 5.56. The third kappa shape index (κ3) is 4.20. The number of amides is 1. The van der Waals surface area contributed by atoms with Crippen LogP contribution in [-0.4, -0.2) is 57.4 Å². The number of carbonyl (C=O) groups excluding carboxylic acids is 2. The molecular formula is C22H23FN2O6S. The van der Waals surface area contributed by atoms with Gasteiger partial charge >= 0.3 is 5.97 Å². The minimum atomic E-state index is -3.87. The number of nitrogens with zero attached hydrogens (tertiary/aromatic N) is 2. The maximum absolute atomic E-state index is 13.5. The van der Waals surface area contributed by atoms with Gasteiger partial charge in [-0.3, -0.25) is 4.79 Å². The van der Waals surface area contributed by atoms with Gasteiger partial charge in [-0.15, -0.1) is 0 Å². The SMILES string of the molecule is COC(=O)[C@@H]1CN(C(=O)[C@@H]2CCCN(S(=O)(=O)c3ccc(F)cc3)C2)c2ccccc2O1. The van der Waals surface area contributed by atoms with Gasteiger partial charge in [0.2, 0.25) is 22.0 Å². The van der Waals surface area contributed by atoms with Crippen LogP contribution >= 0.6 is 0 Å². The van der Waals surface area contributed by atoms with Crippen LogP contribution in [0.25, 0.3) is 0 Å². The number of ether oxygens (including phenoxy) is 2. The largest absolute Gasteiger partial charge is 0.475 e. The summed E-state index contributed by atoms with van der Waals surface area (Å²) < 4.78 is 51.0. The number of fused-ring (bicyclic) bond motifs is 1. The number of sulfonamides is 1. The molecule has 32 heavy (non-hydrogen) atoms. The standard InChI is InChI=1S/C22H23FN2O6S/c1-30-22(27)20-14-25(18-6-2-3-7-19(18)31-20)21(26)15-5-4-12-24(13-15)32(28,29)17-10-8-16(23)9-11-17/h2-3,6-11,15,20H,4-5,12-14H2,1H3/t15-,20+/m1/s1. The molecule has 0 bridgehead atoms. The molecule has 0 saturated carbocycles. The smallest absolute Gasteiger partial charge is 0.348 e. The van der Waals surface area contributed by atoms with E-state index < -0.39 is 33.8 Å². The van der Waals surface area contributed by atoms with E-state index in [1.54, 1.807) is 24.3 Å². The number of piperidine rings is 1. The quantitative estimate of drug-likeness (QED) is 0.647. The summed E-state index contributed by atoms with van der Waals surface area (Å²) in [5.41, 5.74) is 0.524. The van der Waals surface area contributed by atoms with Crippen LogP contribution in [0.3, 0.4) is 0 Å². The van der Waals surface area contributed by atoms with Gasteiger partial charge in [0.25, 0.3) is 0 Å². The third-order valence-corrected chi connectivity index (χ3v) is 7.57. The van der Waals surface area contributed by atoms with Crippen LogP contribution in [0.5, 0.6) is 5.75 Å². The van der Waals surface area contributed by atoms with Gasteiger partial charge in [-0.2, -0.15) is 4.31 Å². The van der Waals surface area contributed by atoms with Crippen LogP contribution < -0.4 is 9.64 Å². The van der Waals surface area contributed by atoms with E-state index in [0.717, 1.165) is 12.1 Å². The first-order valence-corrected chi connectivity index (χ1v) is 11.7. The number of anilines is 1. The molecule has 10 heteroatoms. The normalized spacial score (nSPS) is 21.4. The zero-order chi connectivity index (χ0) is 22.9. The van der Waals surface area contributed by atoms with E-state index in [4.69, 9.17) is 9.47 Å². The average molecular weight is 462 g/mol. The number of benzene rings is 2. The molecule has 2 aromatic carbocycles. The zero-order valence-electron chi connectivity index (χ0n) is 17.4. The summed E-state index contributed by atoms with van der Waals surface area (Å²) in [6, 6.07) is 11.5. The molecule has 0 spiro atoms. The third-order valence-electron chi connectivity index (χ3n) is 5.69. The van der Waals surface area contributed by atoms with Crippen molar-refractivity contribution in [2.45, 2.75) is 23.8 Å². The monoisotopic (exact) mass is 462 g/mol. The van der Waals surface area contributed by atoms with E-state index in [-0.39, 0.29) is 30.4 Å². The minimum absolute atomic E-state index is 0.000950. The molecule has 0 aliphatic carbocycles. The van der Waals surface area contributed by atoms with Gasteiger partial charge in [-0.05, 0) is 49.2 Å². The molecule has 0 unspecified atom stereocenters. The maximum atomic E-state index is 13.5. The van der Waals surface area contributed by atoms with Crippen LogP contribution in [0.1, 0.15) is 12.8 Å². The van der Waals surface area contributed by atoms with Crippen molar-refractivity contribution in [2.24, 2.45) is 5.92 Å². The topological polar surface area (TPSA) is 93.2 Å². The number of hydrogen-bond donors (Lipinski definition) is 0. The Bertz CT molecular complexity index is 1120. The molecule has 8 nitrogen and oxygen atoms in total. The van der Waals surface area contributed by atoms with E-state index >= 15 is 0 Å². The Morgan fingerprint density at radius 3 is 2.53 bits per heavy atom. The van der Waals surface area contributed by atoms with Crippen molar-refractivity contribution in [1.82, 2.24) is 4.31 Å². The molecule has 0 N–H and O–H groups in total. The Kier molecular flexibility index (Phi) is 6.16. The van der Waals surface area contributed by atoms with E-state index in [9.17, 15) is 22.4 Å². The van der Waals surface area contributed by atoms with E-state index in [1.807, 2.05) is 0 Å². The Morgan fingerprint density at radius 1 is 1.09 bits per heavy atom. The fourth-order valence-electron chi connectivity index (χ4n) is 4.04. The Balaban J connectivity index is 1.57. The highest BCUT2D eigenvalue weighted by atomic mass is 32.2. The molecular weight excluding hydrogens is 439 g/mol. The van der Waals surface area contributed by atoms with Crippen molar-refractivity contribution < 1.29 is 31.9 Å². The van der Waals surface area contributed by atoms with Crippen LogP contribution in [0.2, 0.25) is 0 Å². The summed E-state index contributed by atoms with van der Waals surface area (Å²) in [5.74, 6) is -1.62. The first-order valence-electron chi connectivity index (χ1n) is 10.2. The summed E-state index contributed by atoms with van der Waals surface area (Å²) in [4.78, 5) is 27.0. The number of esters is 1. The van der Waals surface area contributed by atoms with Crippen molar-refractivity contribution >= 4 is 27.6 Å². The van der Waals surface area contributed by atoms with Gasteiger partial charge in [0.15, 0.2) is 0 Å². The number of halogens is 1. The maximum Gasteiger partial charge on any atom is 0.348 e.